The summed E-state index contributed by atoms with van der Waals surface area (Å²) in [5, 5.41) is 3.79. The van der Waals surface area contributed by atoms with Crippen LogP contribution in [0.5, 0.6) is 0 Å². The third kappa shape index (κ3) is 5.84. The van der Waals surface area contributed by atoms with Crippen molar-refractivity contribution in [2.24, 2.45) is 0 Å². The summed E-state index contributed by atoms with van der Waals surface area (Å²) in [6.45, 7) is 5.51. The summed E-state index contributed by atoms with van der Waals surface area (Å²) in [5.74, 6) is 0. The van der Waals surface area contributed by atoms with Crippen LogP contribution in [0, 0.1) is 0 Å². The van der Waals surface area contributed by atoms with Gasteiger partial charge in [0.15, 0.2) is 0 Å². The van der Waals surface area contributed by atoms with Gasteiger partial charge in [0.25, 0.3) is 0 Å². The van der Waals surface area contributed by atoms with E-state index in [0.29, 0.717) is 15.7 Å². The van der Waals surface area contributed by atoms with Crippen molar-refractivity contribution in [2.45, 2.75) is 6.42 Å². The van der Waals surface area contributed by atoms with Crippen molar-refractivity contribution >= 4 is 34.9 Å². The zero-order valence-corrected chi connectivity index (χ0v) is 15.2. The molecule has 0 aromatic heterocycles. The Kier molecular flexibility index (Phi) is 6.96. The van der Waals surface area contributed by atoms with E-state index in [1.165, 1.54) is 0 Å². The minimum Gasteiger partial charge on any atom is -0.322 e. The lowest BCUT2D eigenvalue weighted by atomic mass is 10.3. The molecule has 1 saturated heterocycles. The molecule has 128 valence electrons. The molecular weight excluding hydrogens is 335 g/mol. The van der Waals surface area contributed by atoms with E-state index in [-0.39, 0.29) is 6.03 Å². The van der Waals surface area contributed by atoms with Crippen LogP contribution in [0.2, 0.25) is 10.0 Å². The average molecular weight is 359 g/mol. The smallest absolute Gasteiger partial charge is 0.321 e. The number of amides is 2. The highest BCUT2D eigenvalue weighted by atomic mass is 35.5. The van der Waals surface area contributed by atoms with Gasteiger partial charge in [-0.3, -0.25) is 4.90 Å². The fourth-order valence-electron chi connectivity index (χ4n) is 2.56. The summed E-state index contributed by atoms with van der Waals surface area (Å²) in [7, 11) is 4.18. The predicted molar refractivity (Wildman–Crippen MR) is 96.7 cm³/mol. The van der Waals surface area contributed by atoms with Gasteiger partial charge in [0.1, 0.15) is 0 Å². The summed E-state index contributed by atoms with van der Waals surface area (Å²) in [5.41, 5.74) is 0.665. The molecule has 1 aliphatic heterocycles. The maximum absolute atomic E-state index is 12.3. The highest BCUT2D eigenvalue weighted by molar-refractivity contribution is 6.42. The first-order valence-corrected chi connectivity index (χ1v) is 8.59. The van der Waals surface area contributed by atoms with E-state index < -0.39 is 0 Å². The molecule has 0 bridgehead atoms. The first-order chi connectivity index (χ1) is 11.0. The topological polar surface area (TPSA) is 38.8 Å². The summed E-state index contributed by atoms with van der Waals surface area (Å²) in [6.07, 6.45) is 1.16. The van der Waals surface area contributed by atoms with Gasteiger partial charge >= 0.3 is 6.03 Å². The Labute approximate surface area is 148 Å². The fourth-order valence-corrected chi connectivity index (χ4v) is 2.86. The normalized spacial score (nSPS) is 16.0. The Morgan fingerprint density at radius 2 is 1.87 bits per heavy atom. The molecule has 0 spiro atoms. The van der Waals surface area contributed by atoms with Crippen molar-refractivity contribution in [1.82, 2.24) is 14.7 Å². The van der Waals surface area contributed by atoms with Crippen molar-refractivity contribution < 1.29 is 4.79 Å². The van der Waals surface area contributed by atoms with Gasteiger partial charge in [-0.05, 0) is 51.8 Å². The number of carbonyl (C=O) groups excluding carboxylic acids is 1. The van der Waals surface area contributed by atoms with Gasteiger partial charge in [0, 0.05) is 31.9 Å². The first-order valence-electron chi connectivity index (χ1n) is 7.84. The second-order valence-corrected chi connectivity index (χ2v) is 6.86. The molecule has 1 aliphatic rings. The van der Waals surface area contributed by atoms with Gasteiger partial charge in [-0.25, -0.2) is 4.79 Å². The highest BCUT2D eigenvalue weighted by Gasteiger charge is 2.20. The molecule has 0 aliphatic carbocycles. The minimum atomic E-state index is -0.0867. The zero-order valence-electron chi connectivity index (χ0n) is 13.7. The van der Waals surface area contributed by atoms with E-state index in [9.17, 15) is 4.79 Å². The number of carbonyl (C=O) groups is 1. The van der Waals surface area contributed by atoms with Crippen molar-refractivity contribution in [3.05, 3.63) is 28.2 Å². The van der Waals surface area contributed by atoms with Crippen LogP contribution < -0.4 is 5.32 Å². The maximum atomic E-state index is 12.3. The second kappa shape index (κ2) is 8.73. The number of hydrogen-bond donors (Lipinski definition) is 1. The van der Waals surface area contributed by atoms with E-state index in [2.05, 4.69) is 29.2 Å². The number of piperazine rings is 1. The molecule has 2 rings (SSSR count). The number of rotatable bonds is 5. The third-order valence-electron chi connectivity index (χ3n) is 3.91. The van der Waals surface area contributed by atoms with Gasteiger partial charge in [-0.1, -0.05) is 23.2 Å². The van der Waals surface area contributed by atoms with Gasteiger partial charge in [-0.15, -0.1) is 0 Å². The molecule has 1 aromatic rings. The van der Waals surface area contributed by atoms with E-state index in [1.807, 2.05) is 4.90 Å². The maximum Gasteiger partial charge on any atom is 0.321 e. The Balaban J connectivity index is 1.76. The third-order valence-corrected chi connectivity index (χ3v) is 4.65. The molecule has 0 atom stereocenters. The lowest BCUT2D eigenvalue weighted by Crippen LogP contribution is -2.50. The molecule has 2 amide bonds. The van der Waals surface area contributed by atoms with Crippen molar-refractivity contribution in [2.75, 3.05) is 58.7 Å². The Hall–Kier alpha value is -1.01. The van der Waals surface area contributed by atoms with Crippen LogP contribution in [-0.4, -0.2) is 74.1 Å². The SMILES string of the molecule is CN(C)CCCN1CCN(C(=O)Nc2ccc(Cl)c(Cl)c2)CC1. The Morgan fingerprint density at radius 1 is 1.17 bits per heavy atom. The molecule has 0 radical (unpaired) electrons. The Morgan fingerprint density at radius 3 is 2.48 bits per heavy atom. The number of urea groups is 1. The largest absolute Gasteiger partial charge is 0.322 e. The van der Waals surface area contributed by atoms with Gasteiger partial charge in [0.2, 0.25) is 0 Å². The number of halogens is 2. The van der Waals surface area contributed by atoms with Crippen LogP contribution in [0.25, 0.3) is 0 Å². The second-order valence-electron chi connectivity index (χ2n) is 6.04. The van der Waals surface area contributed by atoms with E-state index in [4.69, 9.17) is 23.2 Å². The predicted octanol–water partition coefficient (Wildman–Crippen LogP) is 3.09. The zero-order chi connectivity index (χ0) is 16.8. The average Bonchev–Trinajstić information content (AvgIpc) is 2.51. The van der Waals surface area contributed by atoms with E-state index in [0.717, 1.165) is 45.7 Å². The molecule has 1 heterocycles. The van der Waals surface area contributed by atoms with Crippen molar-refractivity contribution in [3.8, 4) is 0 Å². The van der Waals surface area contributed by atoms with Gasteiger partial charge in [0.05, 0.1) is 10.0 Å². The lowest BCUT2D eigenvalue weighted by Gasteiger charge is -2.34. The fraction of sp³-hybridized carbons (Fsp3) is 0.562. The van der Waals surface area contributed by atoms with E-state index in [1.54, 1.807) is 18.2 Å². The molecule has 7 heteroatoms. The number of nitrogens with zero attached hydrogens (tertiary/aromatic N) is 3. The summed E-state index contributed by atoms with van der Waals surface area (Å²) in [4.78, 5) is 18.7. The van der Waals surface area contributed by atoms with Gasteiger partial charge in [-0.2, -0.15) is 0 Å². The summed E-state index contributed by atoms with van der Waals surface area (Å²) >= 11 is 11.8. The Bertz CT molecular complexity index is 531. The molecule has 23 heavy (non-hydrogen) atoms. The van der Waals surface area contributed by atoms with Crippen LogP contribution in [0.1, 0.15) is 6.42 Å². The van der Waals surface area contributed by atoms with Crippen molar-refractivity contribution in [3.63, 3.8) is 0 Å². The first kappa shape index (κ1) is 18.3. The lowest BCUT2D eigenvalue weighted by molar-refractivity contribution is 0.144. The number of hydrogen-bond acceptors (Lipinski definition) is 3. The number of nitrogens with one attached hydrogen (secondary N) is 1. The molecule has 0 saturated carbocycles. The van der Waals surface area contributed by atoms with Crippen LogP contribution in [0.15, 0.2) is 18.2 Å². The summed E-state index contributed by atoms with van der Waals surface area (Å²) in [6, 6.07) is 5.02. The number of benzene rings is 1. The molecule has 5 nitrogen and oxygen atoms in total. The molecule has 1 N–H and O–H groups in total. The number of anilines is 1. The summed E-state index contributed by atoms with van der Waals surface area (Å²) < 4.78 is 0. The van der Waals surface area contributed by atoms with Gasteiger partial charge < -0.3 is 15.1 Å². The van der Waals surface area contributed by atoms with Crippen LogP contribution >= 0.6 is 23.2 Å². The molecular formula is C16H24Cl2N4O. The highest BCUT2D eigenvalue weighted by Crippen LogP contribution is 2.25. The van der Waals surface area contributed by atoms with Crippen LogP contribution in [0.4, 0.5) is 10.5 Å². The van der Waals surface area contributed by atoms with Crippen LogP contribution in [0.3, 0.4) is 0 Å². The molecule has 1 aromatic carbocycles. The van der Waals surface area contributed by atoms with E-state index >= 15 is 0 Å². The quantitative estimate of drug-likeness (QED) is 0.878. The van der Waals surface area contributed by atoms with Crippen molar-refractivity contribution in [1.29, 1.82) is 0 Å². The standard InChI is InChI=1S/C16H24Cl2N4O/c1-20(2)6-3-7-21-8-10-22(11-9-21)16(23)19-13-4-5-14(17)15(18)12-13/h4-5,12H,3,6-11H2,1-2H3,(H,19,23). The molecule has 0 unspecified atom stereocenters. The molecule has 1 fully saturated rings. The van der Waals surface area contributed by atoms with Crippen LogP contribution in [-0.2, 0) is 0 Å². The monoisotopic (exact) mass is 358 g/mol. The minimum absolute atomic E-state index is 0.0867.